The molecule has 0 radical (unpaired) electrons. The summed E-state index contributed by atoms with van der Waals surface area (Å²) in [6, 6.07) is 5.73. The Morgan fingerprint density at radius 2 is 2.25 bits per heavy atom. The van der Waals surface area contributed by atoms with Crippen molar-refractivity contribution in [1.29, 1.82) is 0 Å². The van der Waals surface area contributed by atoms with Gasteiger partial charge >= 0.3 is 6.03 Å². The fourth-order valence-electron chi connectivity index (χ4n) is 1.81. The molecule has 1 aromatic heterocycles. The first-order valence-corrected chi connectivity index (χ1v) is 5.48. The predicted molar refractivity (Wildman–Crippen MR) is 60.4 cm³/mol. The van der Waals surface area contributed by atoms with Crippen LogP contribution >= 0.6 is 0 Å². The number of pyridine rings is 1. The zero-order chi connectivity index (χ0) is 11.4. The van der Waals surface area contributed by atoms with Gasteiger partial charge in [0, 0.05) is 37.9 Å². The second-order valence-electron chi connectivity index (χ2n) is 3.89. The molecule has 1 aliphatic heterocycles. The lowest BCUT2D eigenvalue weighted by molar-refractivity contribution is 0.130. The maximum absolute atomic E-state index is 11.7. The smallest absolute Gasteiger partial charge is 0.323 e. The number of hydrazine groups is 1. The molecule has 1 saturated heterocycles. The van der Waals surface area contributed by atoms with Crippen molar-refractivity contribution < 1.29 is 4.79 Å². The van der Waals surface area contributed by atoms with Gasteiger partial charge in [-0.25, -0.2) is 10.6 Å². The van der Waals surface area contributed by atoms with Gasteiger partial charge in [0.2, 0.25) is 0 Å². The molecule has 0 bridgehead atoms. The van der Waals surface area contributed by atoms with Crippen LogP contribution in [0.2, 0.25) is 0 Å². The number of amides is 2. The number of carbonyl (C=O) groups excluding carboxylic acids is 1. The summed E-state index contributed by atoms with van der Waals surface area (Å²) in [5, 5.41) is 1.28. The first kappa shape index (κ1) is 10.9. The molecular formula is C11H16N4O. The second kappa shape index (κ2) is 4.94. The summed E-state index contributed by atoms with van der Waals surface area (Å²) in [7, 11) is 0. The summed E-state index contributed by atoms with van der Waals surface area (Å²) in [5.41, 5.74) is 1.00. The molecule has 2 heterocycles. The van der Waals surface area contributed by atoms with Crippen LogP contribution in [0.1, 0.15) is 12.1 Å². The maximum atomic E-state index is 11.7. The van der Waals surface area contributed by atoms with E-state index in [-0.39, 0.29) is 6.03 Å². The maximum Gasteiger partial charge on any atom is 0.334 e. The molecule has 2 N–H and O–H groups in total. The summed E-state index contributed by atoms with van der Waals surface area (Å²) in [4.78, 5) is 17.7. The van der Waals surface area contributed by atoms with Crippen molar-refractivity contribution in [2.45, 2.75) is 12.8 Å². The van der Waals surface area contributed by atoms with Crippen LogP contribution < -0.4 is 5.84 Å². The standard InChI is InChI=1S/C11H16N4O/c12-15-8-3-7-14(11(15)16)9-5-10-4-1-2-6-13-10/h1-2,4,6H,3,5,7-9,12H2. The summed E-state index contributed by atoms with van der Waals surface area (Å²) in [6.07, 6.45) is 3.48. The van der Waals surface area contributed by atoms with E-state index >= 15 is 0 Å². The Balaban J connectivity index is 1.88. The Labute approximate surface area is 94.8 Å². The minimum atomic E-state index is -0.0813. The first-order chi connectivity index (χ1) is 7.77. The molecule has 1 aromatic rings. The third-order valence-electron chi connectivity index (χ3n) is 2.71. The number of nitrogens with two attached hydrogens (primary N) is 1. The average Bonchev–Trinajstić information content (AvgIpc) is 2.32. The molecule has 0 saturated carbocycles. The van der Waals surface area contributed by atoms with Crippen LogP contribution in [0.3, 0.4) is 0 Å². The van der Waals surface area contributed by atoms with Gasteiger partial charge in [0.25, 0.3) is 0 Å². The third-order valence-corrected chi connectivity index (χ3v) is 2.71. The number of rotatable bonds is 3. The molecule has 5 heteroatoms. The van der Waals surface area contributed by atoms with Gasteiger partial charge in [0.1, 0.15) is 0 Å². The number of carbonyl (C=O) groups is 1. The lowest BCUT2D eigenvalue weighted by Crippen LogP contribution is -2.52. The summed E-state index contributed by atoms with van der Waals surface area (Å²) in [6.45, 7) is 2.13. The molecule has 0 aliphatic carbocycles. The summed E-state index contributed by atoms with van der Waals surface area (Å²) >= 11 is 0. The van der Waals surface area contributed by atoms with E-state index in [1.165, 1.54) is 5.01 Å². The SMILES string of the molecule is NN1CCCN(CCc2ccccn2)C1=O. The van der Waals surface area contributed by atoms with Crippen LogP contribution in [0.25, 0.3) is 0 Å². The highest BCUT2D eigenvalue weighted by molar-refractivity contribution is 5.74. The molecule has 16 heavy (non-hydrogen) atoms. The molecule has 2 amide bonds. The normalized spacial score (nSPS) is 16.7. The van der Waals surface area contributed by atoms with E-state index in [1.807, 2.05) is 18.2 Å². The lowest BCUT2D eigenvalue weighted by atomic mass is 10.2. The van der Waals surface area contributed by atoms with Crippen LogP contribution in [0.4, 0.5) is 4.79 Å². The van der Waals surface area contributed by atoms with E-state index in [9.17, 15) is 4.79 Å². The van der Waals surface area contributed by atoms with Gasteiger partial charge in [0.15, 0.2) is 0 Å². The molecule has 0 unspecified atom stereocenters. The fraction of sp³-hybridized carbons (Fsp3) is 0.455. The molecular weight excluding hydrogens is 204 g/mol. The molecule has 86 valence electrons. The zero-order valence-electron chi connectivity index (χ0n) is 9.17. The van der Waals surface area contributed by atoms with Crippen LogP contribution in [-0.4, -0.2) is 40.6 Å². The van der Waals surface area contributed by atoms with Crippen LogP contribution in [-0.2, 0) is 6.42 Å². The minimum Gasteiger partial charge on any atom is -0.323 e. The van der Waals surface area contributed by atoms with Crippen molar-refractivity contribution in [3.05, 3.63) is 30.1 Å². The van der Waals surface area contributed by atoms with Crippen molar-refractivity contribution >= 4 is 6.03 Å². The summed E-state index contributed by atoms with van der Waals surface area (Å²) in [5.74, 6) is 5.56. The van der Waals surface area contributed by atoms with Crippen molar-refractivity contribution in [1.82, 2.24) is 14.9 Å². The van der Waals surface area contributed by atoms with Crippen molar-refractivity contribution in [3.8, 4) is 0 Å². The Morgan fingerprint density at radius 3 is 3.00 bits per heavy atom. The monoisotopic (exact) mass is 220 g/mol. The number of hydrogen-bond donors (Lipinski definition) is 1. The van der Waals surface area contributed by atoms with E-state index in [0.717, 1.165) is 25.1 Å². The molecule has 0 atom stereocenters. The van der Waals surface area contributed by atoms with Crippen LogP contribution in [0, 0.1) is 0 Å². The highest BCUT2D eigenvalue weighted by Gasteiger charge is 2.22. The van der Waals surface area contributed by atoms with Gasteiger partial charge in [-0.15, -0.1) is 0 Å². The van der Waals surface area contributed by atoms with E-state index < -0.39 is 0 Å². The van der Waals surface area contributed by atoms with Gasteiger partial charge < -0.3 is 4.90 Å². The Hall–Kier alpha value is -1.62. The fourth-order valence-corrected chi connectivity index (χ4v) is 1.81. The van der Waals surface area contributed by atoms with Crippen LogP contribution in [0.15, 0.2) is 24.4 Å². The lowest BCUT2D eigenvalue weighted by Gasteiger charge is -2.32. The number of aromatic nitrogens is 1. The summed E-state index contributed by atoms with van der Waals surface area (Å²) < 4.78 is 0. The van der Waals surface area contributed by atoms with E-state index in [0.29, 0.717) is 13.1 Å². The molecule has 1 fully saturated rings. The molecule has 5 nitrogen and oxygen atoms in total. The number of hydrogen-bond acceptors (Lipinski definition) is 3. The average molecular weight is 220 g/mol. The molecule has 2 rings (SSSR count). The van der Waals surface area contributed by atoms with Gasteiger partial charge in [-0.3, -0.25) is 9.99 Å². The molecule has 0 spiro atoms. The van der Waals surface area contributed by atoms with Gasteiger partial charge in [-0.05, 0) is 18.6 Å². The largest absolute Gasteiger partial charge is 0.334 e. The van der Waals surface area contributed by atoms with E-state index in [2.05, 4.69) is 4.98 Å². The Morgan fingerprint density at radius 1 is 1.38 bits per heavy atom. The minimum absolute atomic E-state index is 0.0813. The van der Waals surface area contributed by atoms with E-state index in [1.54, 1.807) is 11.1 Å². The molecule has 1 aliphatic rings. The first-order valence-electron chi connectivity index (χ1n) is 5.48. The number of urea groups is 1. The van der Waals surface area contributed by atoms with Gasteiger partial charge in [0.05, 0.1) is 0 Å². The van der Waals surface area contributed by atoms with Crippen LogP contribution in [0.5, 0.6) is 0 Å². The topological polar surface area (TPSA) is 62.5 Å². The van der Waals surface area contributed by atoms with E-state index in [4.69, 9.17) is 5.84 Å². The highest BCUT2D eigenvalue weighted by atomic mass is 16.2. The predicted octanol–water partition coefficient (Wildman–Crippen LogP) is 0.625. The third kappa shape index (κ3) is 2.49. The quantitative estimate of drug-likeness (QED) is 0.600. The zero-order valence-corrected chi connectivity index (χ0v) is 9.17. The van der Waals surface area contributed by atoms with Crippen molar-refractivity contribution in [2.24, 2.45) is 5.84 Å². The van der Waals surface area contributed by atoms with Gasteiger partial charge in [-0.2, -0.15) is 0 Å². The Bertz CT molecular complexity index is 354. The van der Waals surface area contributed by atoms with Crippen molar-refractivity contribution in [2.75, 3.05) is 19.6 Å². The van der Waals surface area contributed by atoms with Gasteiger partial charge in [-0.1, -0.05) is 6.07 Å². The molecule has 0 aromatic carbocycles. The highest BCUT2D eigenvalue weighted by Crippen LogP contribution is 2.06. The number of nitrogens with zero attached hydrogens (tertiary/aromatic N) is 3. The Kier molecular flexibility index (Phi) is 3.36. The van der Waals surface area contributed by atoms with Crippen molar-refractivity contribution in [3.63, 3.8) is 0 Å². The second-order valence-corrected chi connectivity index (χ2v) is 3.89.